The maximum absolute atomic E-state index is 12.3. The molecule has 0 aliphatic carbocycles. The summed E-state index contributed by atoms with van der Waals surface area (Å²) in [4.78, 5) is 23.4. The smallest absolute Gasteiger partial charge is 0.333 e. The summed E-state index contributed by atoms with van der Waals surface area (Å²) in [5.74, 6) is 0.964. The number of carbonyl (C=O) groups excluding carboxylic acids is 1. The normalized spacial score (nSPS) is 15.5. The van der Waals surface area contributed by atoms with Gasteiger partial charge >= 0.3 is 6.03 Å². The highest BCUT2D eigenvalue weighted by molar-refractivity contribution is 7.92. The summed E-state index contributed by atoms with van der Waals surface area (Å²) >= 11 is 1.07. The molecule has 33 heavy (non-hydrogen) atoms. The van der Waals surface area contributed by atoms with E-state index in [1.54, 1.807) is 43.0 Å². The number of amides is 2. The van der Waals surface area contributed by atoms with Gasteiger partial charge in [0.2, 0.25) is 0 Å². The number of benzene rings is 1. The summed E-state index contributed by atoms with van der Waals surface area (Å²) in [5, 5.41) is 16.4. The summed E-state index contributed by atoms with van der Waals surface area (Å²) in [6.45, 7) is 3.54. The van der Waals surface area contributed by atoms with Crippen LogP contribution in [0.3, 0.4) is 0 Å². The number of carbonyl (C=O) groups is 1. The van der Waals surface area contributed by atoms with Crippen LogP contribution in [0.15, 0.2) is 57.9 Å². The number of amidine groups is 1. The van der Waals surface area contributed by atoms with Crippen molar-refractivity contribution < 1.29 is 18.3 Å². The van der Waals surface area contributed by atoms with Crippen LogP contribution in [0.25, 0.3) is 0 Å². The van der Waals surface area contributed by atoms with E-state index < -0.39 is 22.3 Å². The summed E-state index contributed by atoms with van der Waals surface area (Å²) < 4.78 is 26.6. The number of urea groups is 1. The zero-order valence-corrected chi connectivity index (χ0v) is 19.7. The van der Waals surface area contributed by atoms with Gasteiger partial charge in [0, 0.05) is 23.2 Å². The molecule has 3 heterocycles. The molecule has 0 spiro atoms. The van der Waals surface area contributed by atoms with E-state index in [9.17, 15) is 18.3 Å². The molecule has 12 heteroatoms. The van der Waals surface area contributed by atoms with Crippen molar-refractivity contribution in [3.63, 3.8) is 0 Å². The molecule has 1 unspecified atom stereocenters. The number of aliphatic hydroxyl groups is 1. The average Bonchev–Trinajstić information content (AvgIpc) is 3.21. The van der Waals surface area contributed by atoms with Gasteiger partial charge in [-0.25, -0.2) is 27.9 Å². The molecule has 4 rings (SSSR count). The average molecular weight is 487 g/mol. The highest BCUT2D eigenvalue weighted by atomic mass is 32.2. The lowest BCUT2D eigenvalue weighted by atomic mass is 10.1. The molecule has 4 N–H and O–H groups in total. The maximum atomic E-state index is 12.3. The summed E-state index contributed by atoms with van der Waals surface area (Å²) in [6, 6.07) is 10.9. The Labute approximate surface area is 195 Å². The lowest BCUT2D eigenvalue weighted by Crippen LogP contribution is -2.36. The Morgan fingerprint density at radius 2 is 1.88 bits per heavy atom. The van der Waals surface area contributed by atoms with Gasteiger partial charge in [-0.05, 0) is 50.2 Å². The third kappa shape index (κ3) is 4.67. The Kier molecular flexibility index (Phi) is 6.06. The number of aromatic nitrogens is 1. The van der Waals surface area contributed by atoms with Crippen LogP contribution >= 0.6 is 11.3 Å². The Bertz CT molecular complexity index is 1340. The van der Waals surface area contributed by atoms with Crippen LogP contribution in [-0.4, -0.2) is 37.4 Å². The molecule has 0 saturated carbocycles. The predicted molar refractivity (Wildman–Crippen MR) is 129 cm³/mol. The molecular weight excluding hydrogens is 464 g/mol. The number of fused-ring (bicyclic) bond motifs is 1. The first kappa shape index (κ1) is 22.7. The Morgan fingerprint density at radius 1 is 1.12 bits per heavy atom. The Morgan fingerprint density at radius 3 is 2.52 bits per heavy atom. The number of aryl methyl sites for hydroxylation is 1. The zero-order valence-electron chi connectivity index (χ0n) is 18.0. The van der Waals surface area contributed by atoms with Crippen molar-refractivity contribution in [2.24, 2.45) is 4.99 Å². The number of pyridine rings is 1. The molecule has 3 aromatic rings. The summed E-state index contributed by atoms with van der Waals surface area (Å²) in [5.41, 5.74) is 2.47. The zero-order chi connectivity index (χ0) is 23.8. The standard InChI is InChI=1S/C21H22N6O4S2/c1-12-4-9-19(32-12)33(30,31)26-21(29)25-15-6-8-18(23-11-15)27-13(2)24-17-10-14(22-3)5-7-16(17)20(27)28/h4-11,20,22,28H,1-3H3,(H2,25,26,29). The van der Waals surface area contributed by atoms with Gasteiger partial charge in [-0.3, -0.25) is 4.90 Å². The van der Waals surface area contributed by atoms with E-state index in [1.165, 1.54) is 12.3 Å². The second-order valence-corrected chi connectivity index (χ2v) is 10.5. The van der Waals surface area contributed by atoms with Crippen LogP contribution in [0.2, 0.25) is 0 Å². The van der Waals surface area contributed by atoms with Crippen molar-refractivity contribution in [1.82, 2.24) is 9.71 Å². The second-order valence-electron chi connectivity index (χ2n) is 7.26. The number of hydrogen-bond donors (Lipinski definition) is 4. The molecule has 1 aliphatic rings. The van der Waals surface area contributed by atoms with Crippen molar-refractivity contribution in [3.05, 3.63) is 59.1 Å². The molecule has 0 saturated heterocycles. The second kappa shape index (κ2) is 8.81. The molecular formula is C21H22N6O4S2. The lowest BCUT2D eigenvalue weighted by Gasteiger charge is -2.33. The fraction of sp³-hybridized carbons (Fsp3) is 0.190. The fourth-order valence-electron chi connectivity index (χ4n) is 3.34. The van der Waals surface area contributed by atoms with E-state index >= 15 is 0 Å². The van der Waals surface area contributed by atoms with E-state index in [2.05, 4.69) is 20.6 Å². The topological polar surface area (TPSA) is 136 Å². The SMILES string of the molecule is CNc1ccc2c(c1)N=C(C)N(c1ccc(NC(=O)NS(=O)(=O)c3ccc(C)s3)cn1)C2O. The number of nitrogens with one attached hydrogen (secondary N) is 3. The van der Waals surface area contributed by atoms with Crippen molar-refractivity contribution in [2.75, 3.05) is 22.6 Å². The van der Waals surface area contributed by atoms with Gasteiger partial charge in [0.15, 0.2) is 6.23 Å². The van der Waals surface area contributed by atoms with Gasteiger partial charge in [-0.2, -0.15) is 0 Å². The maximum Gasteiger partial charge on any atom is 0.333 e. The number of aliphatic imine (C=N–C) groups is 1. The van der Waals surface area contributed by atoms with Crippen LogP contribution in [0, 0.1) is 6.92 Å². The highest BCUT2D eigenvalue weighted by Gasteiger charge is 2.28. The highest BCUT2D eigenvalue weighted by Crippen LogP contribution is 2.37. The van der Waals surface area contributed by atoms with Crippen molar-refractivity contribution in [1.29, 1.82) is 0 Å². The number of sulfonamides is 1. The minimum Gasteiger partial charge on any atom is -0.388 e. The molecule has 2 aromatic heterocycles. The molecule has 0 fully saturated rings. The van der Waals surface area contributed by atoms with Crippen LogP contribution in [0.4, 0.5) is 27.7 Å². The number of anilines is 3. The lowest BCUT2D eigenvalue weighted by molar-refractivity contribution is 0.186. The molecule has 1 aromatic carbocycles. The van der Waals surface area contributed by atoms with Crippen LogP contribution < -0.4 is 20.3 Å². The molecule has 172 valence electrons. The first-order valence-electron chi connectivity index (χ1n) is 9.88. The third-order valence-electron chi connectivity index (χ3n) is 4.93. The first-order valence-corrected chi connectivity index (χ1v) is 12.2. The van der Waals surface area contributed by atoms with E-state index in [1.807, 2.05) is 23.9 Å². The molecule has 2 amide bonds. The third-order valence-corrected chi connectivity index (χ3v) is 7.76. The van der Waals surface area contributed by atoms with E-state index in [4.69, 9.17) is 0 Å². The van der Waals surface area contributed by atoms with Crippen LogP contribution in [0.5, 0.6) is 0 Å². The molecule has 0 radical (unpaired) electrons. The van der Waals surface area contributed by atoms with E-state index in [0.29, 0.717) is 22.9 Å². The minimum absolute atomic E-state index is 0.0552. The van der Waals surface area contributed by atoms with Crippen molar-refractivity contribution >= 4 is 56.1 Å². The van der Waals surface area contributed by atoms with Gasteiger partial charge in [0.25, 0.3) is 10.0 Å². The molecule has 1 aliphatic heterocycles. The minimum atomic E-state index is -3.96. The van der Waals surface area contributed by atoms with Gasteiger partial charge in [-0.15, -0.1) is 11.3 Å². The molecule has 1 atom stereocenters. The molecule has 10 nitrogen and oxygen atoms in total. The predicted octanol–water partition coefficient (Wildman–Crippen LogP) is 3.56. The van der Waals surface area contributed by atoms with Gasteiger partial charge in [-0.1, -0.05) is 6.07 Å². The van der Waals surface area contributed by atoms with Crippen molar-refractivity contribution in [2.45, 2.75) is 24.3 Å². The summed E-state index contributed by atoms with van der Waals surface area (Å²) in [6.07, 6.45) is 0.383. The number of nitrogens with zero attached hydrogens (tertiary/aromatic N) is 3. The van der Waals surface area contributed by atoms with Gasteiger partial charge < -0.3 is 15.7 Å². The van der Waals surface area contributed by atoms with Gasteiger partial charge in [0.05, 0.1) is 17.6 Å². The van der Waals surface area contributed by atoms with Crippen molar-refractivity contribution in [3.8, 4) is 0 Å². The van der Waals surface area contributed by atoms with Crippen LogP contribution in [-0.2, 0) is 10.0 Å². The molecule has 0 bridgehead atoms. The number of hydrogen-bond acceptors (Lipinski definition) is 9. The first-order chi connectivity index (χ1) is 15.7. The van der Waals surface area contributed by atoms with Gasteiger partial charge in [0.1, 0.15) is 15.9 Å². The monoisotopic (exact) mass is 486 g/mol. The number of rotatable bonds is 5. The number of aliphatic hydroxyl groups excluding tert-OH is 1. The van der Waals surface area contributed by atoms with Crippen LogP contribution in [0.1, 0.15) is 23.6 Å². The Hall–Kier alpha value is -3.48. The van der Waals surface area contributed by atoms with E-state index in [-0.39, 0.29) is 9.90 Å². The van der Waals surface area contributed by atoms with E-state index in [0.717, 1.165) is 21.9 Å². The fourth-order valence-corrected chi connectivity index (χ4v) is 5.53. The number of thiophene rings is 1. The Balaban J connectivity index is 1.48. The largest absolute Gasteiger partial charge is 0.388 e. The quantitative estimate of drug-likeness (QED) is 0.433. The summed E-state index contributed by atoms with van der Waals surface area (Å²) in [7, 11) is -2.15.